The molecule has 1 heterocycles. The molecule has 98 valence electrons. The zero-order valence-corrected chi connectivity index (χ0v) is 11.1. The zero-order valence-electron chi connectivity index (χ0n) is 10.3. The third kappa shape index (κ3) is 2.60. The van der Waals surface area contributed by atoms with Crippen LogP contribution in [0.25, 0.3) is 0 Å². The Hall–Kier alpha value is -1.26. The van der Waals surface area contributed by atoms with E-state index in [1.54, 1.807) is 11.8 Å². The van der Waals surface area contributed by atoms with Crippen LogP contribution in [0.15, 0.2) is 18.2 Å². The summed E-state index contributed by atoms with van der Waals surface area (Å²) in [5.41, 5.74) is 2.98. The van der Waals surface area contributed by atoms with Crippen LogP contribution < -0.4 is 10.2 Å². The lowest BCUT2D eigenvalue weighted by Gasteiger charge is -2.20. The molecule has 2 rings (SSSR count). The number of alkyl halides is 1. The van der Waals surface area contributed by atoms with Crippen LogP contribution in [0.2, 0.25) is 0 Å². The van der Waals surface area contributed by atoms with Crippen LogP contribution in [0.4, 0.5) is 11.4 Å². The summed E-state index contributed by atoms with van der Waals surface area (Å²) < 4.78 is 0. The minimum absolute atomic E-state index is 0.0425. The van der Waals surface area contributed by atoms with E-state index in [0.717, 1.165) is 29.9 Å². The van der Waals surface area contributed by atoms with Gasteiger partial charge < -0.3 is 15.3 Å². The molecule has 0 saturated carbocycles. The van der Waals surface area contributed by atoms with Gasteiger partial charge >= 0.3 is 0 Å². The van der Waals surface area contributed by atoms with Crippen LogP contribution in [0.3, 0.4) is 0 Å². The lowest BCUT2D eigenvalue weighted by atomic mass is 10.1. The van der Waals surface area contributed by atoms with Gasteiger partial charge in [-0.15, -0.1) is 11.6 Å². The third-order valence-electron chi connectivity index (χ3n) is 3.08. The van der Waals surface area contributed by atoms with Gasteiger partial charge in [-0.05, 0) is 18.1 Å². The summed E-state index contributed by atoms with van der Waals surface area (Å²) in [5, 5.41) is 12.6. The molecule has 1 unspecified atom stereocenters. The van der Waals surface area contributed by atoms with E-state index in [4.69, 9.17) is 11.6 Å². The number of hydrogen-bond acceptors (Lipinski definition) is 3. The highest BCUT2D eigenvalue weighted by Crippen LogP contribution is 2.35. The Bertz CT molecular complexity index is 451. The molecular weight excluding hydrogens is 252 g/mol. The van der Waals surface area contributed by atoms with Gasteiger partial charge in [0.2, 0.25) is 5.91 Å². The quantitative estimate of drug-likeness (QED) is 0.816. The smallest absolute Gasteiger partial charge is 0.223 e. The monoisotopic (exact) mass is 268 g/mol. The predicted molar refractivity (Wildman–Crippen MR) is 73.4 cm³/mol. The molecule has 0 spiro atoms. The van der Waals surface area contributed by atoms with E-state index in [9.17, 15) is 9.90 Å². The topological polar surface area (TPSA) is 52.6 Å². The van der Waals surface area contributed by atoms with E-state index in [0.29, 0.717) is 6.54 Å². The molecule has 1 aromatic rings. The van der Waals surface area contributed by atoms with Crippen molar-refractivity contribution in [2.75, 3.05) is 29.2 Å². The van der Waals surface area contributed by atoms with Crippen molar-refractivity contribution in [1.82, 2.24) is 0 Å². The van der Waals surface area contributed by atoms with Gasteiger partial charge in [-0.25, -0.2) is 0 Å². The fraction of sp³-hybridized carbons (Fsp3) is 0.462. The number of benzene rings is 1. The van der Waals surface area contributed by atoms with Crippen LogP contribution in [0.1, 0.15) is 12.5 Å². The zero-order chi connectivity index (χ0) is 13.1. The highest BCUT2D eigenvalue weighted by atomic mass is 35.5. The number of halogens is 1. The van der Waals surface area contributed by atoms with E-state index in [-0.39, 0.29) is 11.8 Å². The van der Waals surface area contributed by atoms with Gasteiger partial charge in [-0.2, -0.15) is 0 Å². The Balaban J connectivity index is 2.21. The first-order valence-electron chi connectivity index (χ1n) is 6.01. The summed E-state index contributed by atoms with van der Waals surface area (Å²) in [6, 6.07) is 5.90. The summed E-state index contributed by atoms with van der Waals surface area (Å²) >= 11 is 5.56. The summed E-state index contributed by atoms with van der Waals surface area (Å²) in [5.74, 6) is 0.235. The Morgan fingerprint density at radius 1 is 1.61 bits per heavy atom. The van der Waals surface area contributed by atoms with Gasteiger partial charge in [0.1, 0.15) is 0 Å². The number of amides is 1. The molecule has 0 fully saturated rings. The van der Waals surface area contributed by atoms with Gasteiger partial charge in [0.05, 0.1) is 23.4 Å². The molecule has 5 heteroatoms. The standard InChI is InChI=1S/C13H17ClN2O2/c1-9(17)16-6-5-10-3-2-4-12(13(10)16)15-8-11(18)7-14/h2-4,11,15,18H,5-8H2,1H3. The van der Waals surface area contributed by atoms with E-state index < -0.39 is 6.10 Å². The van der Waals surface area contributed by atoms with Gasteiger partial charge in [-0.3, -0.25) is 4.79 Å². The Morgan fingerprint density at radius 2 is 2.39 bits per heavy atom. The molecule has 1 aromatic carbocycles. The number of anilines is 2. The van der Waals surface area contributed by atoms with Crippen molar-refractivity contribution in [3.05, 3.63) is 23.8 Å². The highest BCUT2D eigenvalue weighted by molar-refractivity contribution is 6.18. The van der Waals surface area contributed by atoms with Crippen molar-refractivity contribution in [1.29, 1.82) is 0 Å². The molecule has 0 saturated heterocycles. The molecule has 0 bridgehead atoms. The lowest BCUT2D eigenvalue weighted by Crippen LogP contribution is -2.27. The number of fused-ring (bicyclic) bond motifs is 1. The second-order valence-electron chi connectivity index (χ2n) is 4.42. The third-order valence-corrected chi connectivity index (χ3v) is 3.44. The van der Waals surface area contributed by atoms with E-state index in [1.165, 1.54) is 0 Å². The number of rotatable bonds is 4. The Kier molecular flexibility index (Phi) is 4.09. The first-order valence-corrected chi connectivity index (χ1v) is 6.55. The molecule has 1 amide bonds. The normalized spacial score (nSPS) is 15.4. The molecule has 2 N–H and O–H groups in total. The van der Waals surface area contributed by atoms with Crippen LogP contribution >= 0.6 is 11.6 Å². The van der Waals surface area contributed by atoms with Gasteiger partial charge in [0.15, 0.2) is 0 Å². The first-order chi connectivity index (χ1) is 8.63. The van der Waals surface area contributed by atoms with Gasteiger partial charge in [-0.1, -0.05) is 12.1 Å². The molecular formula is C13H17ClN2O2. The lowest BCUT2D eigenvalue weighted by molar-refractivity contribution is -0.116. The summed E-state index contributed by atoms with van der Waals surface area (Å²) in [7, 11) is 0. The number of hydrogen-bond donors (Lipinski definition) is 2. The second-order valence-corrected chi connectivity index (χ2v) is 4.73. The van der Waals surface area contributed by atoms with Crippen molar-refractivity contribution in [2.45, 2.75) is 19.4 Å². The Labute approximate surface area is 112 Å². The van der Waals surface area contributed by atoms with E-state index in [2.05, 4.69) is 5.32 Å². The van der Waals surface area contributed by atoms with Crippen LogP contribution in [-0.2, 0) is 11.2 Å². The van der Waals surface area contributed by atoms with Gasteiger partial charge in [0.25, 0.3) is 0 Å². The minimum atomic E-state index is -0.588. The number of para-hydroxylation sites is 1. The molecule has 0 radical (unpaired) electrons. The van der Waals surface area contributed by atoms with Crippen LogP contribution in [0, 0.1) is 0 Å². The minimum Gasteiger partial charge on any atom is -0.390 e. The Morgan fingerprint density at radius 3 is 3.06 bits per heavy atom. The largest absolute Gasteiger partial charge is 0.390 e. The maximum atomic E-state index is 11.6. The van der Waals surface area contributed by atoms with E-state index in [1.807, 2.05) is 18.2 Å². The molecule has 1 atom stereocenters. The van der Waals surface area contributed by atoms with Crippen LogP contribution in [0.5, 0.6) is 0 Å². The molecule has 18 heavy (non-hydrogen) atoms. The SMILES string of the molecule is CC(=O)N1CCc2cccc(NCC(O)CCl)c21. The van der Waals surface area contributed by atoms with E-state index >= 15 is 0 Å². The van der Waals surface area contributed by atoms with Crippen molar-refractivity contribution in [3.63, 3.8) is 0 Å². The maximum Gasteiger partial charge on any atom is 0.223 e. The van der Waals surface area contributed by atoms with Crippen LogP contribution in [-0.4, -0.2) is 36.1 Å². The average molecular weight is 269 g/mol. The van der Waals surface area contributed by atoms with Crippen molar-refractivity contribution < 1.29 is 9.90 Å². The molecule has 0 aromatic heterocycles. The van der Waals surface area contributed by atoms with Crippen molar-refractivity contribution in [2.24, 2.45) is 0 Å². The average Bonchev–Trinajstić information content (AvgIpc) is 2.80. The number of carbonyl (C=O) groups excluding carboxylic acids is 1. The summed E-state index contributed by atoms with van der Waals surface area (Å²) in [4.78, 5) is 13.4. The number of aliphatic hydroxyl groups is 1. The summed E-state index contributed by atoms with van der Waals surface area (Å²) in [6.07, 6.45) is 0.289. The summed E-state index contributed by atoms with van der Waals surface area (Å²) in [6.45, 7) is 2.67. The van der Waals surface area contributed by atoms with Gasteiger partial charge in [0, 0.05) is 20.0 Å². The molecule has 1 aliphatic rings. The fourth-order valence-electron chi connectivity index (χ4n) is 2.20. The molecule has 1 aliphatic heterocycles. The fourth-order valence-corrected chi connectivity index (χ4v) is 2.30. The number of carbonyl (C=O) groups is 1. The number of nitrogens with zero attached hydrogens (tertiary/aromatic N) is 1. The molecule has 0 aliphatic carbocycles. The maximum absolute atomic E-state index is 11.6. The first kappa shape index (κ1) is 13.2. The van der Waals surface area contributed by atoms with Crippen molar-refractivity contribution in [3.8, 4) is 0 Å². The van der Waals surface area contributed by atoms with Crippen molar-refractivity contribution >= 4 is 28.9 Å². The number of nitrogens with one attached hydrogen (secondary N) is 1. The number of aliphatic hydroxyl groups excluding tert-OH is 1. The predicted octanol–water partition coefficient (Wildman–Crippen LogP) is 1.61. The second kappa shape index (κ2) is 5.59. The highest BCUT2D eigenvalue weighted by Gasteiger charge is 2.24. The molecule has 4 nitrogen and oxygen atoms in total.